The Morgan fingerprint density at radius 1 is 1.21 bits per heavy atom. The average molecular weight is 258 g/mol. The third-order valence-corrected chi connectivity index (χ3v) is 2.95. The largest absolute Gasteiger partial charge is 0.497 e. The molecule has 0 aliphatic heterocycles. The van der Waals surface area contributed by atoms with Gasteiger partial charge in [0.15, 0.2) is 0 Å². The minimum atomic E-state index is 0.0667. The molecule has 1 amide bonds. The first-order chi connectivity index (χ1) is 9.28. The van der Waals surface area contributed by atoms with Crippen LogP contribution in [0.4, 0.5) is 0 Å². The van der Waals surface area contributed by atoms with E-state index in [1.54, 1.807) is 7.11 Å². The van der Waals surface area contributed by atoms with Crippen LogP contribution in [0, 0.1) is 0 Å². The van der Waals surface area contributed by atoms with E-state index in [0.717, 1.165) is 23.3 Å². The number of aromatic nitrogens is 1. The maximum atomic E-state index is 11.7. The molecule has 19 heavy (non-hydrogen) atoms. The van der Waals surface area contributed by atoms with Crippen molar-refractivity contribution < 1.29 is 9.53 Å². The van der Waals surface area contributed by atoms with E-state index in [-0.39, 0.29) is 5.91 Å². The topological polar surface area (TPSA) is 54.1 Å². The summed E-state index contributed by atoms with van der Waals surface area (Å²) in [5, 5.41) is 2.89. The predicted octanol–water partition coefficient (Wildman–Crippen LogP) is 2.27. The number of methoxy groups -OCH3 is 1. The fourth-order valence-corrected chi connectivity index (χ4v) is 1.81. The minimum absolute atomic E-state index is 0.0667. The Balaban J connectivity index is 1.73. The summed E-state index contributed by atoms with van der Waals surface area (Å²) in [5.74, 6) is 0.901. The van der Waals surface area contributed by atoms with Crippen molar-refractivity contribution in [2.24, 2.45) is 0 Å². The molecule has 1 heterocycles. The predicted molar refractivity (Wildman–Crippen MR) is 74.0 cm³/mol. The lowest BCUT2D eigenvalue weighted by Crippen LogP contribution is -2.22. The number of aryl methyl sites for hydroxylation is 1. The van der Waals surface area contributed by atoms with Crippen molar-refractivity contribution in [3.63, 3.8) is 0 Å². The molecular weight excluding hydrogens is 240 g/mol. The smallest absolute Gasteiger partial charge is 0.220 e. The van der Waals surface area contributed by atoms with Crippen molar-refractivity contribution in [2.45, 2.75) is 19.4 Å². The van der Waals surface area contributed by atoms with E-state index >= 15 is 0 Å². The quantitative estimate of drug-likeness (QED) is 0.835. The molecule has 2 rings (SSSR count). The first-order valence-corrected chi connectivity index (χ1v) is 6.29. The van der Waals surface area contributed by atoms with Crippen LogP contribution in [0.25, 0.3) is 0 Å². The standard InChI is InChI=1S/C15H18N2O2/c1-19-14-5-2-12(3-6-14)4-7-15(18)17-11-13-8-9-16-10-13/h2-3,5-6,8-10,16H,4,7,11H2,1H3,(H,17,18). The molecule has 0 aliphatic carbocycles. The van der Waals surface area contributed by atoms with Crippen molar-refractivity contribution >= 4 is 5.91 Å². The zero-order valence-electron chi connectivity index (χ0n) is 11.0. The molecule has 0 aliphatic rings. The molecule has 2 aromatic rings. The molecule has 4 nitrogen and oxygen atoms in total. The van der Waals surface area contributed by atoms with Gasteiger partial charge < -0.3 is 15.0 Å². The number of carbonyl (C=O) groups is 1. The Kier molecular flexibility index (Phi) is 4.61. The van der Waals surface area contributed by atoms with Gasteiger partial charge in [-0.25, -0.2) is 0 Å². The number of aromatic amines is 1. The Morgan fingerprint density at radius 3 is 2.63 bits per heavy atom. The average Bonchev–Trinajstić information content (AvgIpc) is 2.96. The van der Waals surface area contributed by atoms with Gasteiger partial charge in [0.25, 0.3) is 0 Å². The molecular formula is C15H18N2O2. The maximum absolute atomic E-state index is 11.7. The van der Waals surface area contributed by atoms with E-state index in [4.69, 9.17) is 4.74 Å². The lowest BCUT2D eigenvalue weighted by Gasteiger charge is -2.05. The van der Waals surface area contributed by atoms with Crippen molar-refractivity contribution in [3.05, 3.63) is 53.9 Å². The third kappa shape index (κ3) is 4.17. The molecule has 100 valence electrons. The van der Waals surface area contributed by atoms with Crippen LogP contribution in [0.1, 0.15) is 17.5 Å². The van der Waals surface area contributed by atoms with Crippen molar-refractivity contribution in [2.75, 3.05) is 7.11 Å². The molecule has 0 radical (unpaired) electrons. The SMILES string of the molecule is COc1ccc(CCC(=O)NCc2cc[nH]c2)cc1. The molecule has 0 saturated carbocycles. The van der Waals surface area contributed by atoms with Gasteiger partial charge in [0.1, 0.15) is 5.75 Å². The van der Waals surface area contributed by atoms with Gasteiger partial charge in [-0.1, -0.05) is 12.1 Å². The van der Waals surface area contributed by atoms with Crippen LogP contribution >= 0.6 is 0 Å². The second-order valence-corrected chi connectivity index (χ2v) is 4.34. The highest BCUT2D eigenvalue weighted by molar-refractivity contribution is 5.76. The number of nitrogens with one attached hydrogen (secondary N) is 2. The highest BCUT2D eigenvalue weighted by Gasteiger charge is 2.03. The molecule has 2 N–H and O–H groups in total. The zero-order valence-corrected chi connectivity index (χ0v) is 11.0. The van der Waals surface area contributed by atoms with Crippen molar-refractivity contribution in [3.8, 4) is 5.75 Å². The monoisotopic (exact) mass is 258 g/mol. The van der Waals surface area contributed by atoms with Crippen LogP contribution in [-0.2, 0) is 17.8 Å². The molecule has 1 aromatic heterocycles. The van der Waals surface area contributed by atoms with Crippen LogP contribution in [0.2, 0.25) is 0 Å². The van der Waals surface area contributed by atoms with Gasteiger partial charge in [0, 0.05) is 25.4 Å². The van der Waals surface area contributed by atoms with E-state index in [9.17, 15) is 4.79 Å². The maximum Gasteiger partial charge on any atom is 0.220 e. The summed E-state index contributed by atoms with van der Waals surface area (Å²) in [6.07, 6.45) is 4.96. The van der Waals surface area contributed by atoms with Crippen LogP contribution < -0.4 is 10.1 Å². The minimum Gasteiger partial charge on any atom is -0.497 e. The number of carbonyl (C=O) groups excluding carboxylic acids is 1. The summed E-state index contributed by atoms with van der Waals surface area (Å²) in [7, 11) is 1.64. The van der Waals surface area contributed by atoms with Crippen LogP contribution in [-0.4, -0.2) is 18.0 Å². The molecule has 0 saturated heterocycles. The summed E-state index contributed by atoms with van der Waals surface area (Å²) in [6.45, 7) is 0.574. The van der Waals surface area contributed by atoms with Crippen LogP contribution in [0.15, 0.2) is 42.7 Å². The molecule has 0 spiro atoms. The Hall–Kier alpha value is -2.23. The van der Waals surface area contributed by atoms with Crippen molar-refractivity contribution in [1.82, 2.24) is 10.3 Å². The number of ether oxygens (including phenoxy) is 1. The van der Waals surface area contributed by atoms with E-state index in [0.29, 0.717) is 13.0 Å². The second-order valence-electron chi connectivity index (χ2n) is 4.34. The Labute approximate surface area is 112 Å². The fraction of sp³-hybridized carbons (Fsp3) is 0.267. The molecule has 1 aromatic carbocycles. The Morgan fingerprint density at radius 2 is 2.00 bits per heavy atom. The number of amides is 1. The fourth-order valence-electron chi connectivity index (χ4n) is 1.81. The number of hydrogen-bond acceptors (Lipinski definition) is 2. The summed E-state index contributed by atoms with van der Waals surface area (Å²) in [6, 6.07) is 9.74. The number of H-pyrrole nitrogens is 1. The molecule has 0 unspecified atom stereocenters. The number of rotatable bonds is 6. The molecule has 0 fully saturated rings. The van der Waals surface area contributed by atoms with Gasteiger partial charge in [-0.2, -0.15) is 0 Å². The van der Waals surface area contributed by atoms with Gasteiger partial charge in [-0.3, -0.25) is 4.79 Å². The lowest BCUT2D eigenvalue weighted by molar-refractivity contribution is -0.121. The van der Waals surface area contributed by atoms with Crippen LogP contribution in [0.5, 0.6) is 5.75 Å². The van der Waals surface area contributed by atoms with Crippen molar-refractivity contribution in [1.29, 1.82) is 0 Å². The Bertz CT molecular complexity index is 503. The van der Waals surface area contributed by atoms with Gasteiger partial charge >= 0.3 is 0 Å². The first kappa shape index (κ1) is 13.2. The van der Waals surface area contributed by atoms with Gasteiger partial charge in [-0.05, 0) is 35.7 Å². The zero-order chi connectivity index (χ0) is 13.5. The third-order valence-electron chi connectivity index (χ3n) is 2.95. The highest BCUT2D eigenvalue weighted by Crippen LogP contribution is 2.12. The molecule has 0 atom stereocenters. The lowest BCUT2D eigenvalue weighted by atomic mass is 10.1. The summed E-state index contributed by atoms with van der Waals surface area (Å²) in [4.78, 5) is 14.6. The summed E-state index contributed by atoms with van der Waals surface area (Å²) >= 11 is 0. The number of hydrogen-bond donors (Lipinski definition) is 2. The van der Waals surface area contributed by atoms with E-state index in [1.165, 1.54) is 0 Å². The van der Waals surface area contributed by atoms with Gasteiger partial charge in [-0.15, -0.1) is 0 Å². The van der Waals surface area contributed by atoms with Crippen LogP contribution in [0.3, 0.4) is 0 Å². The molecule has 4 heteroatoms. The second kappa shape index (κ2) is 6.64. The van der Waals surface area contributed by atoms with E-state index in [1.807, 2.05) is 42.7 Å². The number of benzene rings is 1. The van der Waals surface area contributed by atoms with Gasteiger partial charge in [0.05, 0.1) is 7.11 Å². The van der Waals surface area contributed by atoms with Gasteiger partial charge in [0.2, 0.25) is 5.91 Å². The summed E-state index contributed by atoms with van der Waals surface area (Å²) < 4.78 is 5.09. The molecule has 0 bridgehead atoms. The normalized spacial score (nSPS) is 10.2. The summed E-state index contributed by atoms with van der Waals surface area (Å²) in [5.41, 5.74) is 2.22. The first-order valence-electron chi connectivity index (χ1n) is 6.29. The van der Waals surface area contributed by atoms with E-state index < -0.39 is 0 Å². The van der Waals surface area contributed by atoms with E-state index in [2.05, 4.69) is 10.3 Å². The highest BCUT2D eigenvalue weighted by atomic mass is 16.5.